The summed E-state index contributed by atoms with van der Waals surface area (Å²) in [6, 6.07) is 7.84. The number of unbranched alkanes of at least 4 members (excludes halogenated alkanes) is 2. The summed E-state index contributed by atoms with van der Waals surface area (Å²) in [5, 5.41) is 0. The van der Waals surface area contributed by atoms with Crippen LogP contribution in [0.25, 0.3) is 0 Å². The van der Waals surface area contributed by atoms with E-state index in [-0.39, 0.29) is 16.0 Å². The van der Waals surface area contributed by atoms with Gasteiger partial charge in [0.2, 0.25) is 5.78 Å². The number of Topliss-reactive ketones (excluding diaryl/α,β-unsaturated/α-hetero) is 1. The lowest BCUT2D eigenvalue weighted by atomic mass is 10.0. The number of aryl methyl sites for hydroxylation is 1. The minimum atomic E-state index is -4.49. The Balaban J connectivity index is 3.41. The average molecular weight is 382 g/mol. The van der Waals surface area contributed by atoms with Crippen molar-refractivity contribution in [2.24, 2.45) is 0 Å². The molecule has 1 unspecified atom stereocenters. The number of quaternary nitrogens is 1. The van der Waals surface area contributed by atoms with Crippen LogP contribution < -0.4 is 4.48 Å². The Bertz CT molecular complexity index is 704. The molecule has 1 rings (SSSR count). The fourth-order valence-corrected chi connectivity index (χ4v) is 3.16. The van der Waals surface area contributed by atoms with Gasteiger partial charge in [-0.2, -0.15) is 13.2 Å². The zero-order valence-corrected chi connectivity index (χ0v) is 17.0. The van der Waals surface area contributed by atoms with Crippen molar-refractivity contribution < 1.29 is 18.0 Å². The first kappa shape index (κ1) is 23.2. The van der Waals surface area contributed by atoms with Crippen LogP contribution >= 0.6 is 0 Å². The summed E-state index contributed by atoms with van der Waals surface area (Å²) in [7, 11) is 1.79. The summed E-state index contributed by atoms with van der Waals surface area (Å²) in [6.45, 7) is 7.15. The lowest BCUT2D eigenvalue weighted by molar-refractivity contribution is -0.114. The van der Waals surface area contributed by atoms with Crippen LogP contribution in [-0.2, 0) is 11.2 Å². The first-order chi connectivity index (χ1) is 12.6. The molecule has 0 amide bonds. The van der Waals surface area contributed by atoms with E-state index >= 15 is 0 Å². The maximum atomic E-state index is 13.2. The van der Waals surface area contributed by atoms with Crippen LogP contribution in [0, 0.1) is 0 Å². The molecule has 0 radical (unpaired) electrons. The van der Waals surface area contributed by atoms with E-state index in [4.69, 9.17) is 0 Å². The van der Waals surface area contributed by atoms with Crippen LogP contribution in [0.3, 0.4) is 0 Å². The van der Waals surface area contributed by atoms with Crippen LogP contribution in [0.15, 0.2) is 47.7 Å². The van der Waals surface area contributed by atoms with Gasteiger partial charge in [0.15, 0.2) is 5.70 Å². The zero-order chi connectivity index (χ0) is 20.7. The van der Waals surface area contributed by atoms with Crippen LogP contribution in [0.1, 0.15) is 52.5 Å². The van der Waals surface area contributed by atoms with Crippen molar-refractivity contribution in [2.75, 3.05) is 13.6 Å². The van der Waals surface area contributed by atoms with Crippen LogP contribution in [0.2, 0.25) is 0 Å². The third-order valence-corrected chi connectivity index (χ3v) is 5.00. The SMILES string of the molecule is CC=C(C=C(C(C)=O)[N+](C)(CC)c1cccc(CCCCC)c1)C(F)(F)F. The Kier molecular flexibility index (Phi) is 8.48. The third kappa shape index (κ3) is 6.06. The second-order valence-electron chi connectivity index (χ2n) is 6.96. The van der Waals surface area contributed by atoms with E-state index in [2.05, 4.69) is 6.92 Å². The Labute approximate surface area is 161 Å². The van der Waals surface area contributed by atoms with E-state index in [1.807, 2.05) is 31.2 Å². The van der Waals surface area contributed by atoms with E-state index in [0.29, 0.717) is 6.54 Å². The molecule has 1 aromatic carbocycles. The summed E-state index contributed by atoms with van der Waals surface area (Å²) >= 11 is 0. The van der Waals surface area contributed by atoms with Crippen molar-refractivity contribution in [1.29, 1.82) is 0 Å². The fourth-order valence-electron chi connectivity index (χ4n) is 3.16. The number of hydrogen-bond acceptors (Lipinski definition) is 1. The first-order valence-corrected chi connectivity index (χ1v) is 9.51. The molecule has 0 aromatic heterocycles. The fraction of sp³-hybridized carbons (Fsp3) is 0.500. The molecule has 1 aromatic rings. The minimum absolute atomic E-state index is 0.0321. The molecule has 5 heteroatoms. The van der Waals surface area contributed by atoms with Gasteiger partial charge in [-0.25, -0.2) is 0 Å². The van der Waals surface area contributed by atoms with Gasteiger partial charge in [0.05, 0.1) is 19.2 Å². The molecule has 0 N–H and O–H groups in total. The number of rotatable bonds is 9. The normalized spacial score (nSPS) is 15.6. The third-order valence-electron chi connectivity index (χ3n) is 5.00. The topological polar surface area (TPSA) is 17.1 Å². The highest BCUT2D eigenvalue weighted by Gasteiger charge is 2.37. The molecule has 150 valence electrons. The monoisotopic (exact) mass is 382 g/mol. The van der Waals surface area contributed by atoms with E-state index in [1.165, 1.54) is 13.8 Å². The number of allylic oxidation sites excluding steroid dienone is 4. The molecule has 0 aliphatic heterocycles. The largest absolute Gasteiger partial charge is 0.416 e. The van der Waals surface area contributed by atoms with E-state index < -0.39 is 11.7 Å². The Morgan fingerprint density at radius 1 is 1.19 bits per heavy atom. The van der Waals surface area contributed by atoms with Gasteiger partial charge in [-0.1, -0.05) is 38.0 Å². The number of likely N-dealkylation sites (N-methyl/N-ethyl adjacent to an activating group) is 1. The summed E-state index contributed by atoms with van der Waals surface area (Å²) in [4.78, 5) is 12.3. The quantitative estimate of drug-likeness (QED) is 0.210. The molecule has 0 saturated carbocycles. The number of carbonyl (C=O) groups excluding carboxylic acids is 1. The standard InChI is InChI=1S/C22H31F3NO/c1-6-9-10-12-18-13-11-14-20(15-18)26(5,8-3)21(17(4)27)16-19(7-2)22(23,24)25/h7,11,13-16H,6,8-10,12H2,1-5H3/q+1. The van der Waals surface area contributed by atoms with Gasteiger partial charge in [-0.3, -0.25) is 9.28 Å². The van der Waals surface area contributed by atoms with Crippen molar-refractivity contribution in [1.82, 2.24) is 4.48 Å². The molecular formula is C22H31F3NO+. The van der Waals surface area contributed by atoms with Crippen molar-refractivity contribution in [3.63, 3.8) is 0 Å². The minimum Gasteiger partial charge on any atom is -0.289 e. The van der Waals surface area contributed by atoms with Gasteiger partial charge in [0.1, 0.15) is 5.69 Å². The number of ketones is 1. The molecule has 0 heterocycles. The molecule has 0 bridgehead atoms. The number of hydrogen-bond donors (Lipinski definition) is 0. The van der Waals surface area contributed by atoms with Gasteiger partial charge in [0.25, 0.3) is 0 Å². The van der Waals surface area contributed by atoms with Crippen LogP contribution in [0.4, 0.5) is 18.9 Å². The second-order valence-corrected chi connectivity index (χ2v) is 6.96. The summed E-state index contributed by atoms with van der Waals surface area (Å²) < 4.78 is 39.8. The predicted molar refractivity (Wildman–Crippen MR) is 107 cm³/mol. The van der Waals surface area contributed by atoms with Gasteiger partial charge < -0.3 is 0 Å². The molecule has 0 spiro atoms. The van der Waals surface area contributed by atoms with Gasteiger partial charge in [-0.15, -0.1) is 0 Å². The first-order valence-electron chi connectivity index (χ1n) is 9.51. The maximum Gasteiger partial charge on any atom is 0.416 e. The van der Waals surface area contributed by atoms with Crippen molar-refractivity contribution in [3.8, 4) is 0 Å². The van der Waals surface area contributed by atoms with E-state index in [1.54, 1.807) is 7.05 Å². The second kappa shape index (κ2) is 9.88. The Morgan fingerprint density at radius 2 is 1.85 bits per heavy atom. The Hall–Kier alpha value is -1.88. The molecule has 1 atom stereocenters. The van der Waals surface area contributed by atoms with E-state index in [0.717, 1.165) is 49.1 Å². The number of halogens is 3. The highest BCUT2D eigenvalue weighted by molar-refractivity contribution is 5.96. The van der Waals surface area contributed by atoms with Crippen molar-refractivity contribution in [3.05, 3.63) is 53.3 Å². The number of benzene rings is 1. The predicted octanol–water partition coefficient (Wildman–Crippen LogP) is 6.36. The lowest BCUT2D eigenvalue weighted by Crippen LogP contribution is -2.46. The highest BCUT2D eigenvalue weighted by Crippen LogP contribution is 2.33. The van der Waals surface area contributed by atoms with Crippen molar-refractivity contribution in [2.45, 2.75) is 59.6 Å². The molecule has 2 nitrogen and oxygen atoms in total. The van der Waals surface area contributed by atoms with Crippen LogP contribution in [-0.4, -0.2) is 25.6 Å². The molecule has 0 aliphatic carbocycles. The molecule has 0 saturated heterocycles. The van der Waals surface area contributed by atoms with Gasteiger partial charge in [0, 0.05) is 19.1 Å². The average Bonchev–Trinajstić information content (AvgIpc) is 2.61. The van der Waals surface area contributed by atoms with Crippen LogP contribution in [0.5, 0.6) is 0 Å². The lowest BCUT2D eigenvalue weighted by Gasteiger charge is -2.34. The van der Waals surface area contributed by atoms with Gasteiger partial charge in [-0.05, 0) is 38.3 Å². The molecule has 27 heavy (non-hydrogen) atoms. The summed E-state index contributed by atoms with van der Waals surface area (Å²) in [5.41, 5.74) is 1.30. The highest BCUT2D eigenvalue weighted by atomic mass is 19.4. The zero-order valence-electron chi connectivity index (χ0n) is 17.0. The molecule has 0 aliphatic rings. The molecule has 0 fully saturated rings. The van der Waals surface area contributed by atoms with Gasteiger partial charge >= 0.3 is 6.18 Å². The van der Waals surface area contributed by atoms with Crippen molar-refractivity contribution >= 4 is 11.5 Å². The maximum absolute atomic E-state index is 13.2. The summed E-state index contributed by atoms with van der Waals surface area (Å²) in [6.07, 6.45) is 1.77. The summed E-state index contributed by atoms with van der Waals surface area (Å²) in [5.74, 6) is -0.362. The van der Waals surface area contributed by atoms with E-state index in [9.17, 15) is 18.0 Å². The Morgan fingerprint density at radius 3 is 2.33 bits per heavy atom. The smallest absolute Gasteiger partial charge is 0.289 e. The molecular weight excluding hydrogens is 351 g/mol. The number of nitrogens with zero attached hydrogens (tertiary/aromatic N) is 1. The number of alkyl halides is 3. The number of carbonyl (C=O) groups is 1.